The van der Waals surface area contributed by atoms with Crippen LogP contribution in [0.2, 0.25) is 0 Å². The van der Waals surface area contributed by atoms with Crippen LogP contribution in [-0.4, -0.2) is 55.9 Å². The summed E-state index contributed by atoms with van der Waals surface area (Å²) in [5, 5.41) is 6.04. The second-order valence-electron chi connectivity index (χ2n) is 16.2. The topological polar surface area (TPSA) is 158 Å². The molecule has 0 saturated heterocycles. The monoisotopic (exact) mass is 632 g/mol. The Labute approximate surface area is 274 Å². The molecule has 260 valence electrons. The molecule has 4 aliphatic rings. The predicted molar refractivity (Wildman–Crippen MR) is 184 cm³/mol. The van der Waals surface area contributed by atoms with Gasteiger partial charge in [-0.25, -0.2) is 4.79 Å². The standard InChI is InChI=1S/C36H69N7O2/c1-24(2)9-6-10-25(3)29-13-14-30-28-12-11-26-23-27(15-17-35(26,4)31(28)16-18-36(29,30)5)45-34(44)43(21-7-19-41-32(37)38)22-8-20-42-33(39)40/h11,24-25,27-33,41-42H,6-10,12-23,37-40H2,1-5H3. The number of fused-ring (bicyclic) bond motifs is 5. The molecule has 9 heteroatoms. The molecule has 0 heterocycles. The first kappa shape index (κ1) is 36.6. The van der Waals surface area contributed by atoms with Crippen LogP contribution in [0.15, 0.2) is 11.6 Å². The number of allylic oxidation sites excluding steroid dienone is 1. The molecular formula is C36H69N7O2. The SMILES string of the molecule is CC(C)CCCC(C)C1CCC2C3CC=C4CC(OC(=O)N(CCCNC(N)N)CCCNC(N)N)CCC4(C)C3CCC12C. The van der Waals surface area contributed by atoms with Gasteiger partial charge in [0, 0.05) is 19.5 Å². The molecule has 0 aromatic rings. The van der Waals surface area contributed by atoms with Gasteiger partial charge in [-0.05, 0) is 117 Å². The van der Waals surface area contributed by atoms with Gasteiger partial charge in [0.2, 0.25) is 0 Å². The van der Waals surface area contributed by atoms with Crippen molar-refractivity contribution in [1.29, 1.82) is 0 Å². The molecule has 8 atom stereocenters. The van der Waals surface area contributed by atoms with Gasteiger partial charge in [0.1, 0.15) is 18.7 Å². The molecule has 0 bridgehead atoms. The van der Waals surface area contributed by atoms with Crippen molar-refractivity contribution < 1.29 is 9.53 Å². The fourth-order valence-electron chi connectivity index (χ4n) is 10.3. The summed E-state index contributed by atoms with van der Waals surface area (Å²) in [6.45, 7) is 15.0. The Balaban J connectivity index is 1.35. The predicted octanol–water partition coefficient (Wildman–Crippen LogP) is 5.20. The maximum Gasteiger partial charge on any atom is 0.410 e. The van der Waals surface area contributed by atoms with Crippen LogP contribution < -0.4 is 33.6 Å². The van der Waals surface area contributed by atoms with Crippen molar-refractivity contribution in [2.24, 2.45) is 69.3 Å². The Morgan fingerprint density at radius 3 is 2.20 bits per heavy atom. The minimum Gasteiger partial charge on any atom is -0.446 e. The molecule has 10 N–H and O–H groups in total. The number of carbonyl (C=O) groups is 1. The zero-order valence-electron chi connectivity index (χ0n) is 29.4. The molecule has 3 fully saturated rings. The van der Waals surface area contributed by atoms with E-state index in [9.17, 15) is 4.79 Å². The van der Waals surface area contributed by atoms with E-state index in [2.05, 4.69) is 51.3 Å². The Bertz CT molecular complexity index is 957. The van der Waals surface area contributed by atoms with E-state index in [0.717, 1.165) is 67.6 Å². The molecule has 4 aliphatic carbocycles. The summed E-state index contributed by atoms with van der Waals surface area (Å²) in [7, 11) is 0. The number of amides is 1. The van der Waals surface area contributed by atoms with Crippen LogP contribution in [0.4, 0.5) is 4.79 Å². The lowest BCUT2D eigenvalue weighted by Gasteiger charge is -2.58. The first-order chi connectivity index (χ1) is 21.3. The van der Waals surface area contributed by atoms with Crippen molar-refractivity contribution in [1.82, 2.24) is 15.5 Å². The number of nitrogens with zero attached hydrogens (tertiary/aromatic N) is 1. The maximum atomic E-state index is 13.4. The Morgan fingerprint density at radius 1 is 0.911 bits per heavy atom. The van der Waals surface area contributed by atoms with Crippen molar-refractivity contribution in [2.45, 2.75) is 137 Å². The van der Waals surface area contributed by atoms with Crippen LogP contribution in [0.1, 0.15) is 118 Å². The van der Waals surface area contributed by atoms with Gasteiger partial charge in [0.05, 0.1) is 0 Å². The average Bonchev–Trinajstić information content (AvgIpc) is 3.33. The van der Waals surface area contributed by atoms with Gasteiger partial charge < -0.3 is 32.6 Å². The number of hydrogen-bond acceptors (Lipinski definition) is 8. The van der Waals surface area contributed by atoms with Crippen LogP contribution >= 0.6 is 0 Å². The van der Waals surface area contributed by atoms with Crippen LogP contribution in [0.25, 0.3) is 0 Å². The summed E-state index contributed by atoms with van der Waals surface area (Å²) in [4.78, 5) is 15.2. The first-order valence-corrected chi connectivity index (χ1v) is 18.5. The van der Waals surface area contributed by atoms with E-state index < -0.39 is 12.6 Å². The molecule has 0 aromatic carbocycles. The summed E-state index contributed by atoms with van der Waals surface area (Å²) >= 11 is 0. The van der Waals surface area contributed by atoms with E-state index in [1.807, 2.05) is 4.90 Å². The Hall–Kier alpha value is -1.23. The molecule has 0 spiro atoms. The Kier molecular flexibility index (Phi) is 13.2. The van der Waals surface area contributed by atoms with E-state index in [4.69, 9.17) is 27.7 Å². The third-order valence-electron chi connectivity index (χ3n) is 12.8. The lowest BCUT2D eigenvalue weighted by atomic mass is 9.47. The van der Waals surface area contributed by atoms with Crippen molar-refractivity contribution in [3.05, 3.63) is 11.6 Å². The van der Waals surface area contributed by atoms with Crippen molar-refractivity contribution >= 4 is 6.09 Å². The second kappa shape index (κ2) is 16.2. The van der Waals surface area contributed by atoms with Crippen LogP contribution in [-0.2, 0) is 4.74 Å². The quantitative estimate of drug-likeness (QED) is 0.0771. The molecule has 45 heavy (non-hydrogen) atoms. The van der Waals surface area contributed by atoms with Gasteiger partial charge in [0.15, 0.2) is 0 Å². The highest BCUT2D eigenvalue weighted by molar-refractivity contribution is 5.67. The molecular weight excluding hydrogens is 562 g/mol. The van der Waals surface area contributed by atoms with E-state index in [-0.39, 0.29) is 17.6 Å². The minimum absolute atomic E-state index is 0.0570. The lowest BCUT2D eigenvalue weighted by molar-refractivity contribution is -0.0593. The highest BCUT2D eigenvalue weighted by Gasteiger charge is 2.59. The van der Waals surface area contributed by atoms with Gasteiger partial charge in [0.25, 0.3) is 0 Å². The zero-order chi connectivity index (χ0) is 32.8. The summed E-state index contributed by atoms with van der Waals surface area (Å²) in [6, 6.07) is 0. The summed E-state index contributed by atoms with van der Waals surface area (Å²) in [5.74, 6) is 4.98. The molecule has 8 unspecified atom stereocenters. The molecule has 1 amide bonds. The summed E-state index contributed by atoms with van der Waals surface area (Å²) in [5.41, 5.74) is 24.8. The van der Waals surface area contributed by atoms with Gasteiger partial charge in [-0.1, -0.05) is 65.5 Å². The molecule has 0 radical (unpaired) electrons. The largest absolute Gasteiger partial charge is 0.446 e. The number of nitrogens with two attached hydrogens (primary N) is 4. The van der Waals surface area contributed by atoms with Crippen LogP contribution in [0, 0.1) is 46.3 Å². The van der Waals surface area contributed by atoms with E-state index in [1.54, 1.807) is 5.57 Å². The fraction of sp³-hybridized carbons (Fsp3) is 0.917. The highest BCUT2D eigenvalue weighted by Crippen LogP contribution is 2.67. The maximum absolute atomic E-state index is 13.4. The van der Waals surface area contributed by atoms with Crippen molar-refractivity contribution in [2.75, 3.05) is 26.2 Å². The first-order valence-electron chi connectivity index (χ1n) is 18.5. The van der Waals surface area contributed by atoms with E-state index in [1.165, 1.54) is 51.4 Å². The number of hydrogen-bond donors (Lipinski definition) is 6. The third-order valence-corrected chi connectivity index (χ3v) is 12.8. The molecule has 4 rings (SSSR count). The smallest absolute Gasteiger partial charge is 0.410 e. The number of carbonyl (C=O) groups excluding carboxylic acids is 1. The molecule has 9 nitrogen and oxygen atoms in total. The number of nitrogens with one attached hydrogen (secondary N) is 2. The van der Waals surface area contributed by atoms with E-state index >= 15 is 0 Å². The van der Waals surface area contributed by atoms with Gasteiger partial charge >= 0.3 is 6.09 Å². The van der Waals surface area contributed by atoms with Gasteiger partial charge in [-0.3, -0.25) is 10.6 Å². The van der Waals surface area contributed by atoms with Gasteiger partial charge in [-0.15, -0.1) is 0 Å². The van der Waals surface area contributed by atoms with Crippen molar-refractivity contribution in [3.63, 3.8) is 0 Å². The molecule has 0 aliphatic heterocycles. The van der Waals surface area contributed by atoms with Crippen LogP contribution in [0.5, 0.6) is 0 Å². The summed E-state index contributed by atoms with van der Waals surface area (Å²) < 4.78 is 6.22. The molecule has 3 saturated carbocycles. The normalized spacial score (nSPS) is 33.5. The summed E-state index contributed by atoms with van der Waals surface area (Å²) in [6.07, 6.45) is 16.6. The van der Waals surface area contributed by atoms with Crippen molar-refractivity contribution in [3.8, 4) is 0 Å². The Morgan fingerprint density at radius 2 is 1.58 bits per heavy atom. The average molecular weight is 632 g/mol. The molecule has 0 aromatic heterocycles. The van der Waals surface area contributed by atoms with E-state index in [0.29, 0.717) is 31.6 Å². The number of ether oxygens (including phenoxy) is 1. The minimum atomic E-state index is -0.559. The number of rotatable bonds is 16. The second-order valence-corrected chi connectivity index (χ2v) is 16.2. The fourth-order valence-corrected chi connectivity index (χ4v) is 10.3. The third kappa shape index (κ3) is 9.02. The van der Waals surface area contributed by atoms with Gasteiger partial charge in [-0.2, -0.15) is 0 Å². The lowest BCUT2D eigenvalue weighted by Crippen LogP contribution is -2.51. The zero-order valence-corrected chi connectivity index (χ0v) is 29.4. The highest BCUT2D eigenvalue weighted by atomic mass is 16.6. The van der Waals surface area contributed by atoms with Crippen LogP contribution in [0.3, 0.4) is 0 Å².